The third-order valence-corrected chi connectivity index (χ3v) is 2.99. The fourth-order valence-corrected chi connectivity index (χ4v) is 1.95. The van der Waals surface area contributed by atoms with Crippen molar-refractivity contribution in [2.75, 3.05) is 25.9 Å². The number of benzene rings is 1. The normalized spacial score (nSPS) is 18.5. The molecule has 3 N–H and O–H groups in total. The summed E-state index contributed by atoms with van der Waals surface area (Å²) in [7, 11) is 1.72. The van der Waals surface area contributed by atoms with Crippen molar-refractivity contribution in [2.24, 2.45) is 0 Å². The monoisotopic (exact) mass is 263 g/mol. The zero-order valence-corrected chi connectivity index (χ0v) is 10.8. The van der Waals surface area contributed by atoms with Gasteiger partial charge in [0.25, 0.3) is 5.91 Å². The third-order valence-electron chi connectivity index (χ3n) is 2.99. The van der Waals surface area contributed by atoms with Gasteiger partial charge in [-0.2, -0.15) is 0 Å². The first-order chi connectivity index (χ1) is 9.06. The number of nitrogen functional groups attached to an aromatic ring is 1. The summed E-state index contributed by atoms with van der Waals surface area (Å²) in [6.45, 7) is 0.538. The highest BCUT2D eigenvalue weighted by Crippen LogP contribution is 2.14. The molecule has 6 nitrogen and oxygen atoms in total. The molecule has 102 valence electrons. The van der Waals surface area contributed by atoms with E-state index in [2.05, 4.69) is 5.32 Å². The van der Waals surface area contributed by atoms with Crippen molar-refractivity contribution >= 4 is 17.5 Å². The van der Waals surface area contributed by atoms with Crippen LogP contribution in [0.15, 0.2) is 24.3 Å². The zero-order chi connectivity index (χ0) is 13.8. The number of nitrogens with one attached hydrogen (secondary N) is 1. The minimum atomic E-state index is -0.429. The van der Waals surface area contributed by atoms with Gasteiger partial charge in [-0.05, 0) is 18.6 Å². The number of rotatable bonds is 4. The van der Waals surface area contributed by atoms with E-state index in [0.717, 1.165) is 0 Å². The standard InChI is InChI=1S/C13H17N3O3/c1-16-6-5-11(13(16)18)15-12(17)8-19-10-4-2-3-9(14)7-10/h2-4,7,11H,5-6,8,14H2,1H3,(H,15,17). The Labute approximate surface area is 111 Å². The summed E-state index contributed by atoms with van der Waals surface area (Å²) in [5.74, 6) is 0.165. The van der Waals surface area contributed by atoms with E-state index in [4.69, 9.17) is 10.5 Å². The minimum Gasteiger partial charge on any atom is -0.484 e. The molecule has 0 aromatic heterocycles. The number of anilines is 1. The molecule has 6 heteroatoms. The van der Waals surface area contributed by atoms with E-state index in [9.17, 15) is 9.59 Å². The van der Waals surface area contributed by atoms with Gasteiger partial charge in [0, 0.05) is 25.3 Å². The van der Waals surface area contributed by atoms with Gasteiger partial charge >= 0.3 is 0 Å². The summed E-state index contributed by atoms with van der Waals surface area (Å²) in [6, 6.07) is 6.42. The zero-order valence-electron chi connectivity index (χ0n) is 10.8. The maximum Gasteiger partial charge on any atom is 0.258 e. The highest BCUT2D eigenvalue weighted by molar-refractivity contribution is 5.89. The van der Waals surface area contributed by atoms with Crippen LogP contribution in [0, 0.1) is 0 Å². The number of carbonyl (C=O) groups is 2. The van der Waals surface area contributed by atoms with Crippen molar-refractivity contribution < 1.29 is 14.3 Å². The molecule has 1 aliphatic rings. The molecule has 1 aliphatic heterocycles. The lowest BCUT2D eigenvalue weighted by molar-refractivity contribution is -0.132. The van der Waals surface area contributed by atoms with Crippen molar-refractivity contribution in [1.82, 2.24) is 10.2 Å². The molecule has 1 saturated heterocycles. The van der Waals surface area contributed by atoms with Crippen LogP contribution in [0.25, 0.3) is 0 Å². The van der Waals surface area contributed by atoms with Gasteiger partial charge in [0.05, 0.1) is 0 Å². The Balaban J connectivity index is 1.80. The summed E-state index contributed by atoms with van der Waals surface area (Å²) in [4.78, 5) is 24.9. The van der Waals surface area contributed by atoms with Gasteiger partial charge in [-0.1, -0.05) is 6.07 Å². The van der Waals surface area contributed by atoms with E-state index in [1.54, 1.807) is 36.2 Å². The fraction of sp³-hybridized carbons (Fsp3) is 0.385. The van der Waals surface area contributed by atoms with E-state index in [0.29, 0.717) is 24.4 Å². The quantitative estimate of drug-likeness (QED) is 0.749. The maximum absolute atomic E-state index is 11.7. The Hall–Kier alpha value is -2.24. The molecule has 0 spiro atoms. The van der Waals surface area contributed by atoms with Crippen LogP contribution >= 0.6 is 0 Å². The first-order valence-corrected chi connectivity index (χ1v) is 6.09. The summed E-state index contributed by atoms with van der Waals surface area (Å²) in [5, 5.41) is 2.66. The molecular formula is C13H17N3O3. The van der Waals surface area contributed by atoms with Crippen LogP contribution in [0.2, 0.25) is 0 Å². The molecule has 1 fully saturated rings. The maximum atomic E-state index is 11.7. The molecule has 0 saturated carbocycles. The van der Waals surface area contributed by atoms with Crippen molar-refractivity contribution in [1.29, 1.82) is 0 Å². The van der Waals surface area contributed by atoms with Gasteiger partial charge in [-0.3, -0.25) is 9.59 Å². The number of nitrogens with two attached hydrogens (primary N) is 1. The number of hydrogen-bond acceptors (Lipinski definition) is 4. The Morgan fingerprint density at radius 1 is 1.58 bits per heavy atom. The largest absolute Gasteiger partial charge is 0.484 e. The molecule has 0 radical (unpaired) electrons. The average molecular weight is 263 g/mol. The van der Waals surface area contributed by atoms with Gasteiger partial charge in [0.15, 0.2) is 6.61 Å². The van der Waals surface area contributed by atoms with E-state index in [1.807, 2.05) is 0 Å². The predicted octanol–water partition coefficient (Wildman–Crippen LogP) is -0.00550. The van der Waals surface area contributed by atoms with Crippen molar-refractivity contribution in [2.45, 2.75) is 12.5 Å². The third kappa shape index (κ3) is 3.37. The van der Waals surface area contributed by atoms with Crippen LogP contribution in [0.3, 0.4) is 0 Å². The van der Waals surface area contributed by atoms with Crippen LogP contribution in [0.4, 0.5) is 5.69 Å². The molecular weight excluding hydrogens is 246 g/mol. The minimum absolute atomic E-state index is 0.0581. The second kappa shape index (κ2) is 5.60. The summed E-state index contributed by atoms with van der Waals surface area (Å²) < 4.78 is 5.30. The summed E-state index contributed by atoms with van der Waals surface area (Å²) >= 11 is 0. The number of hydrogen-bond donors (Lipinski definition) is 2. The van der Waals surface area contributed by atoms with Crippen LogP contribution in [-0.2, 0) is 9.59 Å². The molecule has 1 heterocycles. The van der Waals surface area contributed by atoms with Gasteiger partial charge in [-0.25, -0.2) is 0 Å². The van der Waals surface area contributed by atoms with E-state index in [1.165, 1.54) is 0 Å². The van der Waals surface area contributed by atoms with Gasteiger partial charge in [0.2, 0.25) is 5.91 Å². The van der Waals surface area contributed by atoms with Crippen molar-refractivity contribution in [3.8, 4) is 5.75 Å². The van der Waals surface area contributed by atoms with Gasteiger partial charge in [0.1, 0.15) is 11.8 Å². The first-order valence-electron chi connectivity index (χ1n) is 6.09. The summed E-state index contributed by atoms with van der Waals surface area (Å²) in [6.07, 6.45) is 0.638. The highest BCUT2D eigenvalue weighted by Gasteiger charge is 2.30. The number of carbonyl (C=O) groups excluding carboxylic acids is 2. The van der Waals surface area contributed by atoms with Gasteiger partial charge < -0.3 is 20.7 Å². The number of ether oxygens (including phenoxy) is 1. The Bertz CT molecular complexity index is 490. The van der Waals surface area contributed by atoms with Gasteiger partial charge in [-0.15, -0.1) is 0 Å². The Kier molecular flexibility index (Phi) is 3.89. The average Bonchev–Trinajstić information content (AvgIpc) is 2.69. The Morgan fingerprint density at radius 2 is 2.37 bits per heavy atom. The predicted molar refractivity (Wildman–Crippen MR) is 70.5 cm³/mol. The van der Waals surface area contributed by atoms with Crippen LogP contribution in [-0.4, -0.2) is 43.0 Å². The first kappa shape index (κ1) is 13.2. The molecule has 2 amide bonds. The summed E-state index contributed by atoms with van der Waals surface area (Å²) in [5.41, 5.74) is 6.17. The molecule has 1 aromatic carbocycles. The molecule has 19 heavy (non-hydrogen) atoms. The molecule has 0 aliphatic carbocycles. The lowest BCUT2D eigenvalue weighted by Crippen LogP contribution is -2.42. The number of likely N-dealkylation sites (N-methyl/N-ethyl adjacent to an activating group) is 1. The lowest BCUT2D eigenvalue weighted by atomic mass is 10.2. The molecule has 1 aromatic rings. The van der Waals surface area contributed by atoms with E-state index < -0.39 is 6.04 Å². The van der Waals surface area contributed by atoms with E-state index in [-0.39, 0.29) is 18.4 Å². The van der Waals surface area contributed by atoms with Crippen LogP contribution < -0.4 is 15.8 Å². The highest BCUT2D eigenvalue weighted by atomic mass is 16.5. The molecule has 1 unspecified atom stereocenters. The van der Waals surface area contributed by atoms with Crippen LogP contribution in [0.5, 0.6) is 5.75 Å². The molecule has 0 bridgehead atoms. The number of amides is 2. The SMILES string of the molecule is CN1CCC(NC(=O)COc2cccc(N)c2)C1=O. The van der Waals surface area contributed by atoms with Crippen molar-refractivity contribution in [3.63, 3.8) is 0 Å². The second-order valence-corrected chi connectivity index (χ2v) is 4.53. The number of nitrogens with zero attached hydrogens (tertiary/aromatic N) is 1. The number of likely N-dealkylation sites (tertiary alicyclic amines) is 1. The smallest absolute Gasteiger partial charge is 0.258 e. The second-order valence-electron chi connectivity index (χ2n) is 4.53. The topological polar surface area (TPSA) is 84.7 Å². The lowest BCUT2D eigenvalue weighted by Gasteiger charge is -2.12. The molecule has 1 atom stereocenters. The Morgan fingerprint density at radius 3 is 3.00 bits per heavy atom. The van der Waals surface area contributed by atoms with E-state index >= 15 is 0 Å². The molecule has 2 rings (SSSR count). The van der Waals surface area contributed by atoms with Crippen molar-refractivity contribution in [3.05, 3.63) is 24.3 Å². The fourth-order valence-electron chi connectivity index (χ4n) is 1.95. The van der Waals surface area contributed by atoms with Crippen LogP contribution in [0.1, 0.15) is 6.42 Å².